The first-order chi connectivity index (χ1) is 6.87. The van der Waals surface area contributed by atoms with E-state index in [9.17, 15) is 0 Å². The van der Waals surface area contributed by atoms with E-state index in [-0.39, 0.29) is 11.5 Å². The summed E-state index contributed by atoms with van der Waals surface area (Å²) >= 11 is 1.38. The zero-order chi connectivity index (χ0) is 11.5. The molecule has 1 heterocycles. The Hall–Kier alpha value is -0.680. The quantitative estimate of drug-likeness (QED) is 0.827. The number of rotatable bonds is 4. The Morgan fingerprint density at radius 3 is 2.60 bits per heavy atom. The van der Waals surface area contributed by atoms with Gasteiger partial charge in [-0.3, -0.25) is 0 Å². The Labute approximate surface area is 95.5 Å². The highest BCUT2D eigenvalue weighted by Crippen LogP contribution is 2.20. The molecule has 0 saturated carbocycles. The second kappa shape index (κ2) is 4.90. The van der Waals surface area contributed by atoms with Crippen molar-refractivity contribution in [1.29, 1.82) is 0 Å². The number of hydrogen-bond donors (Lipinski definition) is 2. The van der Waals surface area contributed by atoms with Gasteiger partial charge in [0.15, 0.2) is 0 Å². The van der Waals surface area contributed by atoms with Gasteiger partial charge in [-0.1, -0.05) is 20.8 Å². The maximum Gasteiger partial charge on any atom is 0.202 e. The SMILES string of the molecule is Cc1nsc(NCC(N)CC(C)(C)C)n1. The maximum atomic E-state index is 6.01. The summed E-state index contributed by atoms with van der Waals surface area (Å²) in [5.41, 5.74) is 6.28. The molecule has 4 nitrogen and oxygen atoms in total. The maximum absolute atomic E-state index is 6.01. The minimum absolute atomic E-state index is 0.161. The molecule has 0 aliphatic rings. The summed E-state index contributed by atoms with van der Waals surface area (Å²) in [7, 11) is 0. The molecule has 15 heavy (non-hydrogen) atoms. The van der Waals surface area contributed by atoms with Gasteiger partial charge in [-0.25, -0.2) is 4.98 Å². The van der Waals surface area contributed by atoms with Crippen LogP contribution in [0.3, 0.4) is 0 Å². The molecule has 1 aromatic rings. The van der Waals surface area contributed by atoms with Crippen molar-refractivity contribution >= 4 is 16.7 Å². The molecule has 1 aromatic heterocycles. The Bertz CT molecular complexity index is 303. The van der Waals surface area contributed by atoms with Crippen molar-refractivity contribution in [2.75, 3.05) is 11.9 Å². The molecule has 0 amide bonds. The second-order valence-corrected chi connectivity index (χ2v) is 5.80. The first-order valence-corrected chi connectivity index (χ1v) is 5.94. The molecule has 0 radical (unpaired) electrons. The number of nitrogens with one attached hydrogen (secondary N) is 1. The van der Waals surface area contributed by atoms with Crippen LogP contribution in [0.4, 0.5) is 5.13 Å². The predicted octanol–water partition coefficient (Wildman–Crippen LogP) is 2.02. The topological polar surface area (TPSA) is 63.8 Å². The number of hydrogen-bond acceptors (Lipinski definition) is 5. The van der Waals surface area contributed by atoms with Gasteiger partial charge in [0.2, 0.25) is 5.13 Å². The lowest BCUT2D eigenvalue weighted by Gasteiger charge is -2.23. The number of aryl methyl sites for hydroxylation is 1. The van der Waals surface area contributed by atoms with E-state index in [4.69, 9.17) is 5.73 Å². The van der Waals surface area contributed by atoms with E-state index in [1.54, 1.807) is 0 Å². The van der Waals surface area contributed by atoms with Gasteiger partial charge in [-0.15, -0.1) is 0 Å². The molecular weight excluding hydrogens is 208 g/mol. The van der Waals surface area contributed by atoms with Crippen LogP contribution in [-0.4, -0.2) is 21.9 Å². The lowest BCUT2D eigenvalue weighted by Crippen LogP contribution is -2.33. The van der Waals surface area contributed by atoms with Crippen LogP contribution in [0.2, 0.25) is 0 Å². The fraction of sp³-hybridized carbons (Fsp3) is 0.800. The summed E-state index contributed by atoms with van der Waals surface area (Å²) in [6.07, 6.45) is 0.998. The monoisotopic (exact) mass is 228 g/mol. The minimum Gasteiger partial charge on any atom is -0.359 e. The summed E-state index contributed by atoms with van der Waals surface area (Å²) in [6, 6.07) is 0.161. The number of nitrogens with two attached hydrogens (primary N) is 1. The highest BCUT2D eigenvalue weighted by Gasteiger charge is 2.15. The van der Waals surface area contributed by atoms with Crippen LogP contribution >= 0.6 is 11.5 Å². The fourth-order valence-corrected chi connectivity index (χ4v) is 2.03. The molecule has 0 fully saturated rings. The predicted molar refractivity (Wildman–Crippen MR) is 65.2 cm³/mol. The van der Waals surface area contributed by atoms with Gasteiger partial charge in [0.1, 0.15) is 5.82 Å². The first kappa shape index (κ1) is 12.4. The molecule has 1 unspecified atom stereocenters. The van der Waals surface area contributed by atoms with Crippen LogP contribution in [0, 0.1) is 12.3 Å². The van der Waals surface area contributed by atoms with E-state index in [1.807, 2.05) is 6.92 Å². The van der Waals surface area contributed by atoms with E-state index in [0.29, 0.717) is 0 Å². The second-order valence-electron chi connectivity index (χ2n) is 5.05. The van der Waals surface area contributed by atoms with Crippen molar-refractivity contribution in [3.63, 3.8) is 0 Å². The molecular formula is C10H20N4S. The van der Waals surface area contributed by atoms with E-state index in [1.165, 1.54) is 11.5 Å². The Balaban J connectivity index is 2.31. The van der Waals surface area contributed by atoms with Gasteiger partial charge in [0, 0.05) is 24.1 Å². The summed E-state index contributed by atoms with van der Waals surface area (Å²) in [4.78, 5) is 4.22. The standard InChI is InChI=1S/C10H20N4S/c1-7-13-9(15-14-7)12-6-8(11)5-10(2,3)4/h8H,5-6,11H2,1-4H3,(H,12,13,14). The normalized spacial score (nSPS) is 13.9. The van der Waals surface area contributed by atoms with Crippen LogP contribution in [-0.2, 0) is 0 Å². The van der Waals surface area contributed by atoms with Crippen molar-refractivity contribution in [2.24, 2.45) is 11.1 Å². The van der Waals surface area contributed by atoms with Crippen molar-refractivity contribution in [2.45, 2.75) is 40.2 Å². The van der Waals surface area contributed by atoms with Crippen molar-refractivity contribution in [1.82, 2.24) is 9.36 Å². The molecule has 1 atom stereocenters. The van der Waals surface area contributed by atoms with E-state index in [2.05, 4.69) is 35.4 Å². The molecule has 0 aliphatic carbocycles. The molecule has 3 N–H and O–H groups in total. The van der Waals surface area contributed by atoms with Crippen LogP contribution in [0.1, 0.15) is 33.0 Å². The Morgan fingerprint density at radius 1 is 1.47 bits per heavy atom. The lowest BCUT2D eigenvalue weighted by atomic mass is 9.88. The van der Waals surface area contributed by atoms with Crippen molar-refractivity contribution in [3.8, 4) is 0 Å². The van der Waals surface area contributed by atoms with Crippen molar-refractivity contribution < 1.29 is 0 Å². The lowest BCUT2D eigenvalue weighted by molar-refractivity contribution is 0.345. The molecule has 1 rings (SSSR count). The third-order valence-corrected chi connectivity index (χ3v) is 2.68. The molecule has 0 saturated heterocycles. The van der Waals surface area contributed by atoms with Gasteiger partial charge >= 0.3 is 0 Å². The highest BCUT2D eigenvalue weighted by molar-refractivity contribution is 7.09. The van der Waals surface area contributed by atoms with Gasteiger partial charge in [0.05, 0.1) is 0 Å². The molecule has 0 aromatic carbocycles. The third kappa shape index (κ3) is 5.09. The minimum atomic E-state index is 0.161. The summed E-state index contributed by atoms with van der Waals surface area (Å²) in [5.74, 6) is 0.812. The van der Waals surface area contributed by atoms with Gasteiger partial charge in [-0.2, -0.15) is 4.37 Å². The van der Waals surface area contributed by atoms with E-state index in [0.717, 1.165) is 23.9 Å². The Morgan fingerprint density at radius 2 is 2.13 bits per heavy atom. The van der Waals surface area contributed by atoms with E-state index < -0.39 is 0 Å². The summed E-state index contributed by atoms with van der Waals surface area (Å²) in [6.45, 7) is 9.23. The number of anilines is 1. The smallest absolute Gasteiger partial charge is 0.202 e. The van der Waals surface area contributed by atoms with Gasteiger partial charge in [-0.05, 0) is 18.8 Å². The number of nitrogens with zero attached hydrogens (tertiary/aromatic N) is 2. The van der Waals surface area contributed by atoms with Crippen LogP contribution in [0.5, 0.6) is 0 Å². The van der Waals surface area contributed by atoms with Crippen LogP contribution in [0.25, 0.3) is 0 Å². The summed E-state index contributed by atoms with van der Waals surface area (Å²) < 4.78 is 4.10. The van der Waals surface area contributed by atoms with Crippen LogP contribution in [0.15, 0.2) is 0 Å². The zero-order valence-corrected chi connectivity index (χ0v) is 10.7. The van der Waals surface area contributed by atoms with Gasteiger partial charge < -0.3 is 11.1 Å². The molecule has 0 spiro atoms. The van der Waals surface area contributed by atoms with Crippen molar-refractivity contribution in [3.05, 3.63) is 5.82 Å². The third-order valence-electron chi connectivity index (χ3n) is 1.92. The zero-order valence-electron chi connectivity index (χ0n) is 9.87. The summed E-state index contributed by atoms with van der Waals surface area (Å²) in [5, 5.41) is 4.07. The molecule has 0 aliphatic heterocycles. The first-order valence-electron chi connectivity index (χ1n) is 5.16. The molecule has 5 heteroatoms. The molecule has 0 bridgehead atoms. The van der Waals surface area contributed by atoms with Crippen LogP contribution < -0.4 is 11.1 Å². The van der Waals surface area contributed by atoms with E-state index >= 15 is 0 Å². The largest absolute Gasteiger partial charge is 0.359 e. The number of aromatic nitrogens is 2. The highest BCUT2D eigenvalue weighted by atomic mass is 32.1. The molecule has 86 valence electrons. The fourth-order valence-electron chi connectivity index (χ4n) is 1.45. The average Bonchev–Trinajstić information content (AvgIpc) is 2.45. The average molecular weight is 228 g/mol. The van der Waals surface area contributed by atoms with Gasteiger partial charge in [0.25, 0.3) is 0 Å². The Kier molecular flexibility index (Phi) is 4.04.